The van der Waals surface area contributed by atoms with Gasteiger partial charge < -0.3 is 9.67 Å². The van der Waals surface area contributed by atoms with E-state index in [1.165, 1.54) is 0 Å². The van der Waals surface area contributed by atoms with Crippen molar-refractivity contribution in [3.63, 3.8) is 0 Å². The number of para-hydroxylation sites is 2. The zero-order valence-electron chi connectivity index (χ0n) is 18.6. The molecule has 0 aliphatic rings. The van der Waals surface area contributed by atoms with Gasteiger partial charge in [0.1, 0.15) is 17.6 Å². The third kappa shape index (κ3) is 4.13. The third-order valence-corrected chi connectivity index (χ3v) is 5.64. The van der Waals surface area contributed by atoms with Crippen LogP contribution in [-0.4, -0.2) is 19.6 Å². The maximum Gasteiger partial charge on any atom is 0.144 e. The molecule has 2 heterocycles. The van der Waals surface area contributed by atoms with Crippen molar-refractivity contribution >= 4 is 11.0 Å². The zero-order valence-corrected chi connectivity index (χ0v) is 20.9. The number of hydrogen-bond donors (Lipinski definition) is 1. The van der Waals surface area contributed by atoms with E-state index in [-0.39, 0.29) is 32.9 Å². The molecule has 3 aromatic carbocycles. The van der Waals surface area contributed by atoms with Crippen LogP contribution in [0.4, 0.5) is 0 Å². The smallest absolute Gasteiger partial charge is 0.144 e. The first-order chi connectivity index (χ1) is 16.1. The monoisotopic (exact) mass is 624 g/mol. The third-order valence-electron chi connectivity index (χ3n) is 5.64. The van der Waals surface area contributed by atoms with Crippen molar-refractivity contribution in [2.75, 3.05) is 0 Å². The molecule has 5 nitrogen and oxygen atoms in total. The Bertz CT molecular complexity index is 1510. The molecule has 5 rings (SSSR count). The predicted molar refractivity (Wildman–Crippen MR) is 129 cm³/mol. The van der Waals surface area contributed by atoms with Crippen molar-refractivity contribution in [1.82, 2.24) is 14.5 Å². The number of benzene rings is 3. The van der Waals surface area contributed by atoms with Crippen molar-refractivity contribution in [3.8, 4) is 45.6 Å². The number of phenolic OH excluding ortho intramolecular Hbond substituents is 1. The summed E-state index contributed by atoms with van der Waals surface area (Å²) in [4.78, 5) is 9.40. The van der Waals surface area contributed by atoms with Crippen LogP contribution in [0.5, 0.6) is 5.75 Å². The normalized spacial score (nSPS) is 10.8. The van der Waals surface area contributed by atoms with Gasteiger partial charge in [0.15, 0.2) is 0 Å². The van der Waals surface area contributed by atoms with E-state index in [1.54, 1.807) is 18.3 Å². The number of nitriles is 1. The molecule has 0 unspecified atom stereocenters. The molecule has 2 aromatic heterocycles. The van der Waals surface area contributed by atoms with Gasteiger partial charge in [0.05, 0.1) is 22.2 Å². The van der Waals surface area contributed by atoms with Gasteiger partial charge in [-0.1, -0.05) is 41.5 Å². The van der Waals surface area contributed by atoms with Gasteiger partial charge in [0.2, 0.25) is 0 Å². The first kappa shape index (κ1) is 23.4. The molecule has 34 heavy (non-hydrogen) atoms. The fourth-order valence-electron chi connectivity index (χ4n) is 4.10. The number of fused-ring (bicyclic) bond motifs is 1. The molecule has 0 radical (unpaired) electrons. The fourth-order valence-corrected chi connectivity index (χ4v) is 4.10. The van der Waals surface area contributed by atoms with Gasteiger partial charge in [0, 0.05) is 39.0 Å². The van der Waals surface area contributed by atoms with Gasteiger partial charge >= 0.3 is 0 Å². The first-order valence-corrected chi connectivity index (χ1v) is 10.8. The number of pyridine rings is 1. The number of aromatic nitrogens is 3. The predicted octanol–water partition coefficient (Wildman–Crippen LogP) is 6.39. The summed E-state index contributed by atoms with van der Waals surface area (Å²) >= 11 is 0. The average molecular weight is 625 g/mol. The van der Waals surface area contributed by atoms with Crippen LogP contribution in [0.25, 0.3) is 44.8 Å². The largest absolute Gasteiger partial charge is 0.507 e. The SMILES string of the molecule is CC(C)n1c(-c2ccccc2O)nc2c(-c3[c-]c(-c4ccc(C#N)cn4)ccc3)cccc21.[Pt]. The Morgan fingerprint density at radius 2 is 1.65 bits per heavy atom. The fraction of sp³-hybridized carbons (Fsp3) is 0.107. The molecule has 0 bridgehead atoms. The number of hydrogen-bond acceptors (Lipinski definition) is 4. The second kappa shape index (κ2) is 9.63. The molecule has 5 aromatic rings. The summed E-state index contributed by atoms with van der Waals surface area (Å²) in [6, 6.07) is 28.6. The second-order valence-electron chi connectivity index (χ2n) is 8.11. The summed E-state index contributed by atoms with van der Waals surface area (Å²) in [7, 11) is 0. The number of phenols is 1. The summed E-state index contributed by atoms with van der Waals surface area (Å²) in [6.45, 7) is 4.22. The van der Waals surface area contributed by atoms with Crippen LogP contribution < -0.4 is 0 Å². The van der Waals surface area contributed by atoms with Crippen molar-refractivity contribution in [3.05, 3.63) is 90.6 Å². The topological polar surface area (TPSA) is 74.7 Å². The molecule has 0 saturated heterocycles. The standard InChI is InChI=1S/C28H21N4O.Pt/c1-18(2)32-25-11-6-10-22(27(25)31-28(32)23-9-3-4-12-26(23)33)20-7-5-8-21(15-20)24-14-13-19(16-29)17-30-24;/h3-14,17-18,33H,1-2H3;/q-1;. The molecule has 6 heteroatoms. The average Bonchev–Trinajstić information content (AvgIpc) is 3.24. The van der Waals surface area contributed by atoms with Crippen LogP contribution in [0.3, 0.4) is 0 Å². The minimum Gasteiger partial charge on any atom is -0.507 e. The summed E-state index contributed by atoms with van der Waals surface area (Å²) in [5.41, 5.74) is 6.54. The van der Waals surface area contributed by atoms with E-state index < -0.39 is 0 Å². The molecule has 0 atom stereocenters. The number of imidazole rings is 1. The van der Waals surface area contributed by atoms with Crippen LogP contribution in [0.1, 0.15) is 25.5 Å². The van der Waals surface area contributed by atoms with E-state index in [9.17, 15) is 5.11 Å². The molecule has 0 aliphatic carbocycles. The maximum atomic E-state index is 10.5. The van der Waals surface area contributed by atoms with Crippen LogP contribution in [0.15, 0.2) is 79.0 Å². The number of rotatable bonds is 4. The van der Waals surface area contributed by atoms with Crippen molar-refractivity contribution in [2.24, 2.45) is 0 Å². The molecule has 170 valence electrons. The van der Waals surface area contributed by atoms with Crippen molar-refractivity contribution in [1.29, 1.82) is 5.26 Å². The van der Waals surface area contributed by atoms with Gasteiger partial charge in [-0.25, -0.2) is 4.98 Å². The minimum absolute atomic E-state index is 0. The van der Waals surface area contributed by atoms with Crippen LogP contribution >= 0.6 is 0 Å². The van der Waals surface area contributed by atoms with Gasteiger partial charge in [0.25, 0.3) is 0 Å². The molecule has 1 N–H and O–H groups in total. The second-order valence-corrected chi connectivity index (χ2v) is 8.11. The molecular weight excluding hydrogens is 603 g/mol. The Balaban J connectivity index is 0.00000274. The van der Waals surface area contributed by atoms with Crippen molar-refractivity contribution < 1.29 is 26.2 Å². The van der Waals surface area contributed by atoms with E-state index in [4.69, 9.17) is 10.2 Å². The van der Waals surface area contributed by atoms with E-state index in [1.807, 2.05) is 54.6 Å². The van der Waals surface area contributed by atoms with E-state index in [0.29, 0.717) is 11.1 Å². The summed E-state index contributed by atoms with van der Waals surface area (Å²) in [6.07, 6.45) is 1.57. The molecule has 0 fully saturated rings. The number of aromatic hydroxyl groups is 1. The summed E-state index contributed by atoms with van der Waals surface area (Å²) in [5, 5.41) is 19.5. The van der Waals surface area contributed by atoms with Gasteiger partial charge in [-0.15, -0.1) is 29.8 Å². The Morgan fingerprint density at radius 1 is 0.912 bits per heavy atom. The molecule has 0 amide bonds. The van der Waals surface area contributed by atoms with E-state index in [2.05, 4.69) is 41.6 Å². The molecular formula is C28H21N4OPt-. The Morgan fingerprint density at radius 3 is 2.35 bits per heavy atom. The maximum absolute atomic E-state index is 10.5. The zero-order chi connectivity index (χ0) is 22.9. The number of nitrogens with zero attached hydrogens (tertiary/aromatic N) is 4. The summed E-state index contributed by atoms with van der Waals surface area (Å²) in [5.74, 6) is 0.937. The van der Waals surface area contributed by atoms with Crippen LogP contribution in [0, 0.1) is 17.4 Å². The van der Waals surface area contributed by atoms with Gasteiger partial charge in [-0.2, -0.15) is 5.26 Å². The van der Waals surface area contributed by atoms with Crippen molar-refractivity contribution in [2.45, 2.75) is 19.9 Å². The summed E-state index contributed by atoms with van der Waals surface area (Å²) < 4.78 is 2.15. The quantitative estimate of drug-likeness (QED) is 0.235. The van der Waals surface area contributed by atoms with Gasteiger partial charge in [-0.3, -0.25) is 4.98 Å². The van der Waals surface area contributed by atoms with E-state index in [0.717, 1.165) is 39.2 Å². The van der Waals surface area contributed by atoms with Crippen LogP contribution in [-0.2, 0) is 21.1 Å². The first-order valence-electron chi connectivity index (χ1n) is 10.8. The Kier molecular flexibility index (Phi) is 6.63. The van der Waals surface area contributed by atoms with Gasteiger partial charge in [-0.05, 0) is 38.1 Å². The molecule has 0 aliphatic heterocycles. The molecule has 0 saturated carbocycles. The minimum atomic E-state index is 0. The molecule has 0 spiro atoms. The Labute approximate surface area is 212 Å². The van der Waals surface area contributed by atoms with Crippen LogP contribution in [0.2, 0.25) is 0 Å². The van der Waals surface area contributed by atoms with E-state index >= 15 is 0 Å². The Hall–Kier alpha value is -3.74.